The van der Waals surface area contributed by atoms with Gasteiger partial charge in [0.1, 0.15) is 24.0 Å². The molecule has 5 heteroatoms. The van der Waals surface area contributed by atoms with Crippen LogP contribution in [0.1, 0.15) is 0 Å². The topological polar surface area (TPSA) is 57.6 Å². The first-order valence-corrected chi connectivity index (χ1v) is 7.40. The second-order valence-electron chi connectivity index (χ2n) is 5.35. The van der Waals surface area contributed by atoms with Gasteiger partial charge < -0.3 is 15.2 Å². The summed E-state index contributed by atoms with van der Waals surface area (Å²) < 4.78 is 5.77. The van der Waals surface area contributed by atoms with E-state index >= 15 is 0 Å². The van der Waals surface area contributed by atoms with Gasteiger partial charge in [-0.25, -0.2) is 0 Å². The van der Waals surface area contributed by atoms with Crippen LogP contribution in [0.3, 0.4) is 0 Å². The van der Waals surface area contributed by atoms with E-state index in [9.17, 15) is 5.11 Å². The van der Waals surface area contributed by atoms with E-state index in [2.05, 4.69) is 15.2 Å². The van der Waals surface area contributed by atoms with Crippen molar-refractivity contribution in [3.05, 3.63) is 36.5 Å². The van der Waals surface area contributed by atoms with Crippen molar-refractivity contribution in [2.45, 2.75) is 6.10 Å². The van der Waals surface area contributed by atoms with Crippen LogP contribution in [0, 0.1) is 0 Å². The summed E-state index contributed by atoms with van der Waals surface area (Å²) in [6.07, 6.45) is 1.27. The average Bonchev–Trinajstić information content (AvgIpc) is 2.54. The number of pyridine rings is 1. The Labute approximate surface area is 124 Å². The van der Waals surface area contributed by atoms with Crippen LogP contribution in [-0.4, -0.2) is 60.4 Å². The highest BCUT2D eigenvalue weighted by Gasteiger charge is 2.15. The van der Waals surface area contributed by atoms with Crippen molar-refractivity contribution in [1.29, 1.82) is 0 Å². The van der Waals surface area contributed by atoms with Crippen LogP contribution in [0.25, 0.3) is 10.9 Å². The molecule has 1 atom stereocenters. The van der Waals surface area contributed by atoms with Crippen LogP contribution in [0.2, 0.25) is 0 Å². The standard InChI is InChI=1S/C16H21N3O2/c20-14(11-19-9-7-17-8-10-19)12-21-15-5-1-3-13-4-2-6-18-16(13)15/h1-6,14,17,20H,7-12H2. The van der Waals surface area contributed by atoms with Gasteiger partial charge in [0.25, 0.3) is 0 Å². The molecule has 0 spiro atoms. The maximum Gasteiger partial charge on any atom is 0.145 e. The number of aliphatic hydroxyl groups is 1. The molecular formula is C16H21N3O2. The van der Waals surface area contributed by atoms with Crippen molar-refractivity contribution >= 4 is 10.9 Å². The molecule has 1 aliphatic heterocycles. The Kier molecular flexibility index (Phi) is 4.65. The van der Waals surface area contributed by atoms with Gasteiger partial charge in [0.15, 0.2) is 0 Å². The molecule has 1 fully saturated rings. The summed E-state index contributed by atoms with van der Waals surface area (Å²) >= 11 is 0. The Balaban J connectivity index is 1.58. The first kappa shape index (κ1) is 14.3. The summed E-state index contributed by atoms with van der Waals surface area (Å²) in [7, 11) is 0. The van der Waals surface area contributed by atoms with Crippen molar-refractivity contribution in [2.24, 2.45) is 0 Å². The molecule has 1 saturated heterocycles. The minimum atomic E-state index is -0.484. The second-order valence-corrected chi connectivity index (χ2v) is 5.35. The third kappa shape index (κ3) is 3.69. The summed E-state index contributed by atoms with van der Waals surface area (Å²) in [6, 6.07) is 9.76. The van der Waals surface area contributed by atoms with Crippen molar-refractivity contribution < 1.29 is 9.84 Å². The van der Waals surface area contributed by atoms with Gasteiger partial charge in [-0.3, -0.25) is 9.88 Å². The molecule has 0 radical (unpaired) electrons. The van der Waals surface area contributed by atoms with Crippen molar-refractivity contribution in [2.75, 3.05) is 39.3 Å². The number of benzene rings is 1. The fourth-order valence-corrected chi connectivity index (χ4v) is 2.62. The number of para-hydroxylation sites is 1. The molecule has 3 rings (SSSR count). The number of nitrogens with one attached hydrogen (secondary N) is 1. The van der Waals surface area contributed by atoms with E-state index in [1.165, 1.54) is 0 Å². The monoisotopic (exact) mass is 287 g/mol. The number of nitrogens with zero attached hydrogens (tertiary/aromatic N) is 2. The summed E-state index contributed by atoms with van der Waals surface area (Å²) in [4.78, 5) is 6.61. The van der Waals surface area contributed by atoms with Crippen LogP contribution < -0.4 is 10.1 Å². The van der Waals surface area contributed by atoms with Gasteiger partial charge in [0.2, 0.25) is 0 Å². The predicted molar refractivity (Wildman–Crippen MR) is 82.6 cm³/mol. The maximum absolute atomic E-state index is 10.1. The molecule has 2 aromatic rings. The summed E-state index contributed by atoms with van der Waals surface area (Å²) in [5.74, 6) is 0.729. The Morgan fingerprint density at radius 3 is 2.90 bits per heavy atom. The summed E-state index contributed by atoms with van der Waals surface area (Å²) in [5.41, 5.74) is 0.842. The number of hydrogen-bond acceptors (Lipinski definition) is 5. The molecule has 112 valence electrons. The number of ether oxygens (including phenoxy) is 1. The Bertz CT molecular complexity index is 579. The van der Waals surface area contributed by atoms with E-state index in [0.717, 1.165) is 42.8 Å². The van der Waals surface area contributed by atoms with E-state index in [1.54, 1.807) is 6.20 Å². The number of piperazine rings is 1. The number of hydrogen-bond donors (Lipinski definition) is 2. The van der Waals surface area contributed by atoms with Gasteiger partial charge in [-0.2, -0.15) is 0 Å². The molecule has 1 unspecified atom stereocenters. The first-order chi connectivity index (χ1) is 10.3. The Morgan fingerprint density at radius 2 is 2.05 bits per heavy atom. The molecule has 1 aromatic heterocycles. The largest absolute Gasteiger partial charge is 0.489 e. The van der Waals surface area contributed by atoms with Gasteiger partial charge in [0.05, 0.1) is 0 Å². The summed E-state index contributed by atoms with van der Waals surface area (Å²) in [5, 5.41) is 14.5. The number of fused-ring (bicyclic) bond motifs is 1. The molecule has 0 amide bonds. The number of rotatable bonds is 5. The van der Waals surface area contributed by atoms with Gasteiger partial charge in [-0.05, 0) is 12.1 Å². The highest BCUT2D eigenvalue weighted by molar-refractivity contribution is 5.84. The van der Waals surface area contributed by atoms with Crippen LogP contribution in [-0.2, 0) is 0 Å². The van der Waals surface area contributed by atoms with Crippen LogP contribution >= 0.6 is 0 Å². The van der Waals surface area contributed by atoms with Crippen molar-refractivity contribution in [3.63, 3.8) is 0 Å². The lowest BCUT2D eigenvalue weighted by Gasteiger charge is -2.29. The molecule has 0 aliphatic carbocycles. The van der Waals surface area contributed by atoms with E-state index < -0.39 is 6.10 Å². The zero-order valence-corrected chi connectivity index (χ0v) is 12.0. The molecule has 0 saturated carbocycles. The predicted octanol–water partition coefficient (Wildman–Crippen LogP) is 0.880. The van der Waals surface area contributed by atoms with Crippen LogP contribution in [0.15, 0.2) is 36.5 Å². The number of aliphatic hydroxyl groups excluding tert-OH is 1. The lowest BCUT2D eigenvalue weighted by Crippen LogP contribution is -2.47. The van der Waals surface area contributed by atoms with E-state index in [-0.39, 0.29) is 0 Å². The van der Waals surface area contributed by atoms with Crippen LogP contribution in [0.4, 0.5) is 0 Å². The summed E-state index contributed by atoms with van der Waals surface area (Å²) in [6.45, 7) is 4.88. The zero-order chi connectivity index (χ0) is 14.5. The zero-order valence-electron chi connectivity index (χ0n) is 12.0. The Morgan fingerprint density at radius 1 is 1.24 bits per heavy atom. The highest BCUT2D eigenvalue weighted by atomic mass is 16.5. The maximum atomic E-state index is 10.1. The Hall–Kier alpha value is -1.69. The van der Waals surface area contributed by atoms with Gasteiger partial charge >= 0.3 is 0 Å². The van der Waals surface area contributed by atoms with E-state index in [1.807, 2.05) is 30.3 Å². The normalized spacial score (nSPS) is 17.8. The third-order valence-corrected chi connectivity index (χ3v) is 3.71. The molecule has 2 N–H and O–H groups in total. The molecule has 1 aliphatic rings. The highest BCUT2D eigenvalue weighted by Crippen LogP contribution is 2.22. The molecule has 21 heavy (non-hydrogen) atoms. The fraction of sp³-hybridized carbons (Fsp3) is 0.438. The molecule has 1 aromatic carbocycles. The SMILES string of the molecule is OC(COc1cccc2cccnc12)CN1CCNCC1. The van der Waals surface area contributed by atoms with E-state index in [0.29, 0.717) is 13.2 Å². The third-order valence-electron chi connectivity index (χ3n) is 3.71. The van der Waals surface area contributed by atoms with Crippen molar-refractivity contribution in [3.8, 4) is 5.75 Å². The molecule has 5 nitrogen and oxygen atoms in total. The number of β-amino-alcohol motifs (C(OH)–C–C–N with tert-alkyl or cyclic N) is 1. The first-order valence-electron chi connectivity index (χ1n) is 7.40. The lowest BCUT2D eigenvalue weighted by atomic mass is 10.2. The second kappa shape index (κ2) is 6.85. The minimum Gasteiger partial charge on any atom is -0.489 e. The van der Waals surface area contributed by atoms with Gasteiger partial charge in [-0.15, -0.1) is 0 Å². The van der Waals surface area contributed by atoms with Crippen molar-refractivity contribution in [1.82, 2.24) is 15.2 Å². The van der Waals surface area contributed by atoms with Gasteiger partial charge in [0, 0.05) is 44.3 Å². The van der Waals surface area contributed by atoms with Gasteiger partial charge in [-0.1, -0.05) is 18.2 Å². The molecule has 0 bridgehead atoms. The van der Waals surface area contributed by atoms with E-state index in [4.69, 9.17) is 4.74 Å². The minimum absolute atomic E-state index is 0.291. The van der Waals surface area contributed by atoms with Crippen LogP contribution in [0.5, 0.6) is 5.75 Å². The molecular weight excluding hydrogens is 266 g/mol. The lowest BCUT2D eigenvalue weighted by molar-refractivity contribution is 0.0646. The fourth-order valence-electron chi connectivity index (χ4n) is 2.62. The average molecular weight is 287 g/mol. The number of aromatic nitrogens is 1. The smallest absolute Gasteiger partial charge is 0.145 e. The molecule has 2 heterocycles. The quantitative estimate of drug-likeness (QED) is 0.855.